The first-order valence-electron chi connectivity index (χ1n) is 9.17. The maximum absolute atomic E-state index is 13.2. The zero-order chi connectivity index (χ0) is 17.9. The Morgan fingerprint density at radius 3 is 2.69 bits per heavy atom. The predicted octanol–water partition coefficient (Wildman–Crippen LogP) is 2.88. The summed E-state index contributed by atoms with van der Waals surface area (Å²) in [5, 5.41) is 2.85. The molecule has 26 heavy (non-hydrogen) atoms. The van der Waals surface area contributed by atoms with Gasteiger partial charge in [-0.2, -0.15) is 0 Å². The number of para-hydroxylation sites is 2. The van der Waals surface area contributed by atoms with Crippen molar-refractivity contribution in [3.8, 4) is 0 Å². The summed E-state index contributed by atoms with van der Waals surface area (Å²) >= 11 is 0. The number of carbonyl (C=O) groups is 2. The average Bonchev–Trinajstić information content (AvgIpc) is 2.68. The summed E-state index contributed by atoms with van der Waals surface area (Å²) in [6.45, 7) is 2.72. The van der Waals surface area contributed by atoms with Gasteiger partial charge in [-0.05, 0) is 37.1 Å². The standard InChI is InChI=1S/C21H23N3O2/c25-20-15-24(19-11-5-4-10-18(19)22-20)21(26)17-9-6-12-23(14-17)13-16-7-2-1-3-8-16/h1-5,7-8,10-11,17H,6,9,12-15H2,(H,22,25). The number of piperidine rings is 1. The topological polar surface area (TPSA) is 52.7 Å². The van der Waals surface area contributed by atoms with Gasteiger partial charge < -0.3 is 10.2 Å². The normalized spacial score (nSPS) is 20.4. The van der Waals surface area contributed by atoms with E-state index in [1.165, 1.54) is 5.56 Å². The van der Waals surface area contributed by atoms with E-state index in [0.717, 1.165) is 38.2 Å². The molecule has 2 amide bonds. The minimum atomic E-state index is -0.131. The highest BCUT2D eigenvalue weighted by atomic mass is 16.2. The summed E-state index contributed by atoms with van der Waals surface area (Å²) in [7, 11) is 0. The second-order valence-corrected chi connectivity index (χ2v) is 7.05. The Morgan fingerprint density at radius 1 is 1.08 bits per heavy atom. The molecule has 5 heteroatoms. The van der Waals surface area contributed by atoms with Crippen LogP contribution >= 0.6 is 0 Å². The van der Waals surface area contributed by atoms with E-state index in [2.05, 4.69) is 22.3 Å². The van der Waals surface area contributed by atoms with Gasteiger partial charge in [-0.15, -0.1) is 0 Å². The number of benzene rings is 2. The molecule has 134 valence electrons. The van der Waals surface area contributed by atoms with Gasteiger partial charge in [0.25, 0.3) is 0 Å². The first kappa shape index (κ1) is 16.8. The van der Waals surface area contributed by atoms with Gasteiger partial charge in [0.15, 0.2) is 0 Å². The average molecular weight is 349 g/mol. The molecule has 2 aliphatic rings. The Kier molecular flexibility index (Phi) is 4.71. The number of amides is 2. The quantitative estimate of drug-likeness (QED) is 0.927. The molecule has 0 bridgehead atoms. The van der Waals surface area contributed by atoms with Crippen molar-refractivity contribution in [1.29, 1.82) is 0 Å². The van der Waals surface area contributed by atoms with Gasteiger partial charge >= 0.3 is 0 Å². The molecule has 1 saturated heterocycles. The molecule has 0 saturated carbocycles. The van der Waals surface area contributed by atoms with E-state index in [1.54, 1.807) is 4.90 Å². The van der Waals surface area contributed by atoms with Crippen LogP contribution in [0.2, 0.25) is 0 Å². The number of nitrogens with one attached hydrogen (secondary N) is 1. The predicted molar refractivity (Wildman–Crippen MR) is 102 cm³/mol. The number of hydrogen-bond acceptors (Lipinski definition) is 3. The molecular formula is C21H23N3O2. The van der Waals surface area contributed by atoms with Crippen LogP contribution in [0.25, 0.3) is 0 Å². The second kappa shape index (κ2) is 7.30. The number of nitrogens with zero attached hydrogens (tertiary/aromatic N) is 2. The number of fused-ring (bicyclic) bond motifs is 1. The zero-order valence-corrected chi connectivity index (χ0v) is 14.7. The van der Waals surface area contributed by atoms with Crippen LogP contribution in [0.4, 0.5) is 11.4 Å². The Morgan fingerprint density at radius 2 is 1.85 bits per heavy atom. The fourth-order valence-electron chi connectivity index (χ4n) is 3.89. The Bertz CT molecular complexity index is 806. The first-order chi connectivity index (χ1) is 12.7. The highest BCUT2D eigenvalue weighted by molar-refractivity contribution is 6.10. The fourth-order valence-corrected chi connectivity index (χ4v) is 3.89. The summed E-state index contributed by atoms with van der Waals surface area (Å²) in [4.78, 5) is 29.2. The van der Waals surface area contributed by atoms with Gasteiger partial charge in [-0.3, -0.25) is 14.5 Å². The van der Waals surface area contributed by atoms with Gasteiger partial charge in [0, 0.05) is 13.1 Å². The number of anilines is 2. The molecule has 1 N–H and O–H groups in total. The van der Waals surface area contributed by atoms with E-state index >= 15 is 0 Å². The molecule has 0 aliphatic carbocycles. The third-order valence-electron chi connectivity index (χ3n) is 5.14. The smallest absolute Gasteiger partial charge is 0.244 e. The lowest BCUT2D eigenvalue weighted by molar-refractivity contribution is -0.126. The summed E-state index contributed by atoms with van der Waals surface area (Å²) in [6.07, 6.45) is 1.88. The molecule has 2 aromatic rings. The minimum absolute atomic E-state index is 0.0602. The van der Waals surface area contributed by atoms with Gasteiger partial charge in [0.05, 0.1) is 17.3 Å². The molecule has 2 aliphatic heterocycles. The van der Waals surface area contributed by atoms with Crippen LogP contribution in [0.5, 0.6) is 0 Å². The van der Waals surface area contributed by atoms with Crippen LogP contribution in [-0.2, 0) is 16.1 Å². The molecule has 0 spiro atoms. The third kappa shape index (κ3) is 3.48. The highest BCUT2D eigenvalue weighted by Gasteiger charge is 2.33. The van der Waals surface area contributed by atoms with Crippen molar-refractivity contribution in [3.05, 3.63) is 60.2 Å². The molecule has 1 unspecified atom stereocenters. The third-order valence-corrected chi connectivity index (χ3v) is 5.14. The Balaban J connectivity index is 1.48. The minimum Gasteiger partial charge on any atom is -0.323 e. The molecule has 5 nitrogen and oxygen atoms in total. The van der Waals surface area contributed by atoms with Crippen LogP contribution in [0.3, 0.4) is 0 Å². The van der Waals surface area contributed by atoms with Crippen molar-refractivity contribution in [2.24, 2.45) is 5.92 Å². The van der Waals surface area contributed by atoms with E-state index in [4.69, 9.17) is 0 Å². The van der Waals surface area contributed by atoms with Crippen LogP contribution in [0, 0.1) is 5.92 Å². The zero-order valence-electron chi connectivity index (χ0n) is 14.7. The van der Waals surface area contributed by atoms with Crippen LogP contribution in [0.15, 0.2) is 54.6 Å². The van der Waals surface area contributed by atoms with Crippen LogP contribution in [0.1, 0.15) is 18.4 Å². The largest absolute Gasteiger partial charge is 0.323 e. The molecule has 1 atom stereocenters. The number of rotatable bonds is 3. The van der Waals surface area contributed by atoms with Crippen LogP contribution in [-0.4, -0.2) is 36.3 Å². The first-order valence-corrected chi connectivity index (χ1v) is 9.17. The van der Waals surface area contributed by atoms with E-state index in [1.807, 2.05) is 42.5 Å². The monoisotopic (exact) mass is 349 g/mol. The van der Waals surface area contributed by atoms with Gasteiger partial charge in [-0.25, -0.2) is 0 Å². The lowest BCUT2D eigenvalue weighted by Gasteiger charge is -2.36. The second-order valence-electron chi connectivity index (χ2n) is 7.05. The Labute approximate surface area is 153 Å². The van der Waals surface area contributed by atoms with E-state index in [9.17, 15) is 9.59 Å². The molecule has 1 fully saturated rings. The molecule has 4 rings (SSSR count). The molecule has 2 heterocycles. The summed E-state index contributed by atoms with van der Waals surface area (Å²) in [5.41, 5.74) is 2.79. The molecular weight excluding hydrogens is 326 g/mol. The summed E-state index contributed by atoms with van der Waals surface area (Å²) in [5.74, 6) is -0.134. The molecule has 2 aromatic carbocycles. The maximum atomic E-state index is 13.2. The molecule has 0 radical (unpaired) electrons. The number of carbonyl (C=O) groups excluding carboxylic acids is 2. The van der Waals surface area contributed by atoms with E-state index in [-0.39, 0.29) is 24.3 Å². The van der Waals surface area contributed by atoms with Gasteiger partial charge in [-0.1, -0.05) is 42.5 Å². The van der Waals surface area contributed by atoms with Crippen molar-refractivity contribution in [2.75, 3.05) is 29.9 Å². The van der Waals surface area contributed by atoms with E-state index in [0.29, 0.717) is 5.69 Å². The summed E-state index contributed by atoms with van der Waals surface area (Å²) < 4.78 is 0. The van der Waals surface area contributed by atoms with Gasteiger partial charge in [0.1, 0.15) is 6.54 Å². The van der Waals surface area contributed by atoms with Crippen LogP contribution < -0.4 is 10.2 Å². The van der Waals surface area contributed by atoms with Gasteiger partial charge in [0.2, 0.25) is 11.8 Å². The lowest BCUT2D eigenvalue weighted by Crippen LogP contribution is -2.48. The fraction of sp³-hybridized carbons (Fsp3) is 0.333. The number of likely N-dealkylation sites (tertiary alicyclic amines) is 1. The Hall–Kier alpha value is -2.66. The van der Waals surface area contributed by atoms with Crippen molar-refractivity contribution in [1.82, 2.24) is 4.90 Å². The highest BCUT2D eigenvalue weighted by Crippen LogP contribution is 2.31. The summed E-state index contributed by atoms with van der Waals surface area (Å²) in [6, 6.07) is 17.9. The van der Waals surface area contributed by atoms with Crippen molar-refractivity contribution in [2.45, 2.75) is 19.4 Å². The van der Waals surface area contributed by atoms with E-state index < -0.39 is 0 Å². The SMILES string of the molecule is O=C1CN(C(=O)C2CCCN(Cc3ccccc3)C2)c2ccccc2N1. The maximum Gasteiger partial charge on any atom is 0.244 e. The molecule has 0 aromatic heterocycles. The number of hydrogen-bond donors (Lipinski definition) is 1. The van der Waals surface area contributed by atoms with Crippen molar-refractivity contribution < 1.29 is 9.59 Å². The van der Waals surface area contributed by atoms with Crippen molar-refractivity contribution >= 4 is 23.2 Å². The lowest BCUT2D eigenvalue weighted by atomic mass is 9.95. The van der Waals surface area contributed by atoms with Crippen molar-refractivity contribution in [3.63, 3.8) is 0 Å².